The number of hydrogen-bond donors (Lipinski definition) is 1. The number of amides is 1. The van der Waals surface area contributed by atoms with Crippen molar-refractivity contribution in [2.45, 2.75) is 12.5 Å². The number of carbonyl (C=O) groups excluding carboxylic acids is 1. The van der Waals surface area contributed by atoms with Crippen LogP contribution in [0.4, 0.5) is 4.79 Å². The lowest BCUT2D eigenvalue weighted by atomic mass is 10.1. The molecule has 0 aliphatic carbocycles. The van der Waals surface area contributed by atoms with E-state index in [-0.39, 0.29) is 30.6 Å². The second-order valence-corrected chi connectivity index (χ2v) is 6.58. The average Bonchev–Trinajstić information content (AvgIpc) is 2.72. The Labute approximate surface area is 98.3 Å². The zero-order valence-electron chi connectivity index (χ0n) is 9.03. The van der Waals surface area contributed by atoms with Crippen LogP contribution in [0.25, 0.3) is 0 Å². The molecule has 8 heteroatoms. The highest BCUT2D eigenvalue weighted by atomic mass is 32.2. The van der Waals surface area contributed by atoms with Crippen LogP contribution in [0.1, 0.15) is 6.42 Å². The van der Waals surface area contributed by atoms with E-state index in [4.69, 9.17) is 5.11 Å². The summed E-state index contributed by atoms with van der Waals surface area (Å²) < 4.78 is 27.2. The Hall–Kier alpha value is -1.31. The number of hydrogen-bond acceptors (Lipinski definition) is 5. The fraction of sp³-hybridized carbons (Fsp3) is 0.778. The second-order valence-electron chi connectivity index (χ2n) is 4.35. The molecule has 0 bridgehead atoms. The zero-order chi connectivity index (χ0) is 12.6. The summed E-state index contributed by atoms with van der Waals surface area (Å²) in [6.45, 7) is -0.0390. The number of carboxylic acids is 1. The largest absolute Gasteiger partial charge is 0.480 e. The van der Waals surface area contributed by atoms with E-state index in [0.29, 0.717) is 6.42 Å². The molecule has 0 aromatic heterocycles. The average molecular weight is 263 g/mol. The van der Waals surface area contributed by atoms with Crippen molar-refractivity contribution < 1.29 is 27.9 Å². The Balaban J connectivity index is 2.02. The molecular weight excluding hydrogens is 250 g/mol. The molecule has 96 valence electrons. The fourth-order valence-electron chi connectivity index (χ4n) is 2.15. The zero-order valence-corrected chi connectivity index (χ0v) is 9.85. The van der Waals surface area contributed by atoms with Gasteiger partial charge in [0.2, 0.25) is 0 Å². The van der Waals surface area contributed by atoms with E-state index in [9.17, 15) is 18.0 Å². The van der Waals surface area contributed by atoms with Crippen LogP contribution in [-0.2, 0) is 19.4 Å². The van der Waals surface area contributed by atoms with Crippen molar-refractivity contribution in [1.29, 1.82) is 0 Å². The SMILES string of the molecule is O=C(O)C1COC(=O)N1CC1CCS(=O)(=O)C1. The maximum atomic E-state index is 11.3. The highest BCUT2D eigenvalue weighted by Gasteiger charge is 2.41. The van der Waals surface area contributed by atoms with Gasteiger partial charge in [0.1, 0.15) is 6.61 Å². The highest BCUT2D eigenvalue weighted by Crippen LogP contribution is 2.23. The topological polar surface area (TPSA) is 101 Å². The summed E-state index contributed by atoms with van der Waals surface area (Å²) in [5.41, 5.74) is 0. The first kappa shape index (κ1) is 12.2. The van der Waals surface area contributed by atoms with Gasteiger partial charge in [-0.2, -0.15) is 0 Å². The number of nitrogens with zero attached hydrogens (tertiary/aromatic N) is 1. The van der Waals surface area contributed by atoms with Gasteiger partial charge in [-0.25, -0.2) is 18.0 Å². The van der Waals surface area contributed by atoms with Crippen LogP contribution in [0.5, 0.6) is 0 Å². The van der Waals surface area contributed by atoms with Gasteiger partial charge in [0.15, 0.2) is 15.9 Å². The van der Waals surface area contributed by atoms with Gasteiger partial charge >= 0.3 is 12.1 Å². The third kappa shape index (κ3) is 2.51. The van der Waals surface area contributed by atoms with Crippen LogP contribution in [-0.4, -0.2) is 61.2 Å². The van der Waals surface area contributed by atoms with Crippen molar-refractivity contribution in [3.8, 4) is 0 Å². The first-order valence-corrected chi connectivity index (χ1v) is 7.08. The lowest BCUT2D eigenvalue weighted by Gasteiger charge is -2.20. The fourth-order valence-corrected chi connectivity index (χ4v) is 4.00. The summed E-state index contributed by atoms with van der Waals surface area (Å²) in [5, 5.41) is 8.89. The molecule has 2 fully saturated rings. The van der Waals surface area contributed by atoms with Crippen molar-refractivity contribution in [3.63, 3.8) is 0 Å². The summed E-state index contributed by atoms with van der Waals surface area (Å²) >= 11 is 0. The van der Waals surface area contributed by atoms with E-state index in [1.165, 1.54) is 0 Å². The van der Waals surface area contributed by atoms with Gasteiger partial charge in [-0.05, 0) is 12.3 Å². The van der Waals surface area contributed by atoms with Crippen LogP contribution in [0, 0.1) is 5.92 Å². The molecule has 2 saturated heterocycles. The number of rotatable bonds is 3. The summed E-state index contributed by atoms with van der Waals surface area (Å²) in [5.74, 6) is -1.19. The predicted molar refractivity (Wildman–Crippen MR) is 56.2 cm³/mol. The van der Waals surface area contributed by atoms with E-state index >= 15 is 0 Å². The number of ether oxygens (including phenoxy) is 1. The minimum atomic E-state index is -3.02. The molecule has 1 N–H and O–H groups in total. The Kier molecular flexibility index (Phi) is 2.98. The molecule has 2 rings (SSSR count). The number of sulfone groups is 1. The number of carbonyl (C=O) groups is 2. The standard InChI is InChI=1S/C9H13NO6S/c11-8(12)7-4-16-9(13)10(7)3-6-1-2-17(14,15)5-6/h6-7H,1-5H2,(H,11,12). The second kappa shape index (κ2) is 4.17. The molecule has 2 atom stereocenters. The summed E-state index contributed by atoms with van der Waals surface area (Å²) in [6, 6.07) is -0.995. The van der Waals surface area contributed by atoms with Crippen LogP contribution in [0.2, 0.25) is 0 Å². The Morgan fingerprint density at radius 2 is 2.24 bits per heavy atom. The Bertz CT molecular complexity index is 444. The van der Waals surface area contributed by atoms with Gasteiger partial charge in [0.25, 0.3) is 0 Å². The van der Waals surface area contributed by atoms with Gasteiger partial charge in [0.05, 0.1) is 11.5 Å². The molecule has 0 spiro atoms. The summed E-state index contributed by atoms with van der Waals surface area (Å²) in [4.78, 5) is 23.3. The molecule has 7 nitrogen and oxygen atoms in total. The van der Waals surface area contributed by atoms with E-state index < -0.39 is 27.9 Å². The molecule has 0 aromatic carbocycles. The van der Waals surface area contributed by atoms with Crippen molar-refractivity contribution in [1.82, 2.24) is 4.90 Å². The Morgan fingerprint density at radius 3 is 2.76 bits per heavy atom. The lowest BCUT2D eigenvalue weighted by molar-refractivity contribution is -0.141. The van der Waals surface area contributed by atoms with Crippen molar-refractivity contribution in [2.24, 2.45) is 5.92 Å². The van der Waals surface area contributed by atoms with Gasteiger partial charge in [-0.15, -0.1) is 0 Å². The molecule has 2 unspecified atom stereocenters. The molecule has 0 radical (unpaired) electrons. The van der Waals surface area contributed by atoms with Crippen molar-refractivity contribution >= 4 is 21.9 Å². The normalized spacial score (nSPS) is 31.5. The first-order valence-electron chi connectivity index (χ1n) is 5.26. The maximum Gasteiger partial charge on any atom is 0.410 e. The smallest absolute Gasteiger partial charge is 0.410 e. The third-order valence-corrected chi connectivity index (χ3v) is 4.88. The summed E-state index contributed by atoms with van der Waals surface area (Å²) in [7, 11) is -3.02. The van der Waals surface area contributed by atoms with E-state index in [0.717, 1.165) is 4.90 Å². The van der Waals surface area contributed by atoms with Gasteiger partial charge in [0, 0.05) is 6.54 Å². The van der Waals surface area contributed by atoms with Crippen LogP contribution >= 0.6 is 0 Å². The predicted octanol–water partition coefficient (Wildman–Crippen LogP) is -0.673. The summed E-state index contributed by atoms with van der Waals surface area (Å²) in [6.07, 6.45) is -0.208. The van der Waals surface area contributed by atoms with Crippen molar-refractivity contribution in [3.05, 3.63) is 0 Å². The van der Waals surface area contributed by atoms with Crippen LogP contribution in [0.15, 0.2) is 0 Å². The van der Waals surface area contributed by atoms with Gasteiger partial charge in [-0.1, -0.05) is 0 Å². The van der Waals surface area contributed by atoms with Gasteiger partial charge < -0.3 is 9.84 Å². The first-order chi connectivity index (χ1) is 7.89. The van der Waals surface area contributed by atoms with Crippen molar-refractivity contribution in [2.75, 3.05) is 24.7 Å². The third-order valence-electron chi connectivity index (χ3n) is 3.04. The molecule has 2 aliphatic rings. The molecule has 1 amide bonds. The minimum absolute atomic E-state index is 0.0170. The highest BCUT2D eigenvalue weighted by molar-refractivity contribution is 7.91. The Morgan fingerprint density at radius 1 is 1.53 bits per heavy atom. The van der Waals surface area contributed by atoms with Crippen LogP contribution < -0.4 is 0 Å². The lowest BCUT2D eigenvalue weighted by Crippen LogP contribution is -2.42. The molecule has 2 aliphatic heterocycles. The van der Waals surface area contributed by atoms with Gasteiger partial charge in [-0.3, -0.25) is 4.90 Å². The van der Waals surface area contributed by atoms with E-state index in [1.807, 2.05) is 0 Å². The molecule has 17 heavy (non-hydrogen) atoms. The monoisotopic (exact) mass is 263 g/mol. The molecule has 0 saturated carbocycles. The van der Waals surface area contributed by atoms with E-state index in [2.05, 4.69) is 4.74 Å². The number of cyclic esters (lactones) is 1. The molecule has 2 heterocycles. The molecular formula is C9H13NO6S. The quantitative estimate of drug-likeness (QED) is 0.724. The molecule has 0 aromatic rings. The number of aliphatic carboxylic acids is 1. The number of carboxylic acid groups (broad SMARTS) is 1. The minimum Gasteiger partial charge on any atom is -0.480 e. The van der Waals surface area contributed by atoms with E-state index in [1.54, 1.807) is 0 Å². The maximum absolute atomic E-state index is 11.3. The van der Waals surface area contributed by atoms with Crippen LogP contribution in [0.3, 0.4) is 0 Å².